The SMILES string of the molecule is CS(=O)(=O)N1CCCN(C(=O)c2occc2CSc2ccccc2)CC1. The van der Waals surface area contributed by atoms with Crippen molar-refractivity contribution in [3.8, 4) is 0 Å². The van der Waals surface area contributed by atoms with Crippen LogP contribution in [0.1, 0.15) is 22.5 Å². The van der Waals surface area contributed by atoms with Gasteiger partial charge >= 0.3 is 0 Å². The van der Waals surface area contributed by atoms with E-state index in [0.29, 0.717) is 44.1 Å². The average molecular weight is 395 g/mol. The molecule has 3 rings (SSSR count). The molecule has 1 fully saturated rings. The quantitative estimate of drug-likeness (QED) is 0.729. The molecule has 6 nitrogen and oxygen atoms in total. The minimum atomic E-state index is -3.23. The molecule has 1 aliphatic rings. The Balaban J connectivity index is 1.66. The van der Waals surface area contributed by atoms with Crippen molar-refractivity contribution in [2.24, 2.45) is 0 Å². The summed E-state index contributed by atoms with van der Waals surface area (Å²) in [6.45, 7) is 1.66. The molecular formula is C18H22N2O4S2. The number of amides is 1. The molecule has 8 heteroatoms. The maximum absolute atomic E-state index is 12.9. The molecule has 1 amide bonds. The van der Waals surface area contributed by atoms with Gasteiger partial charge in [0.1, 0.15) is 0 Å². The third-order valence-corrected chi connectivity index (χ3v) is 6.65. The van der Waals surface area contributed by atoms with Crippen molar-refractivity contribution in [3.05, 3.63) is 54.0 Å². The number of benzene rings is 1. The molecular weight excluding hydrogens is 372 g/mol. The van der Waals surface area contributed by atoms with Gasteiger partial charge in [0.05, 0.1) is 12.5 Å². The highest BCUT2D eigenvalue weighted by molar-refractivity contribution is 7.98. The van der Waals surface area contributed by atoms with Crippen molar-refractivity contribution in [2.75, 3.05) is 32.4 Å². The fourth-order valence-corrected chi connectivity index (χ4v) is 4.66. The number of hydrogen-bond donors (Lipinski definition) is 0. The van der Waals surface area contributed by atoms with E-state index >= 15 is 0 Å². The average Bonchev–Trinajstić information content (AvgIpc) is 2.93. The van der Waals surface area contributed by atoms with Crippen LogP contribution >= 0.6 is 11.8 Å². The second-order valence-electron chi connectivity index (χ2n) is 6.18. The Morgan fingerprint density at radius 1 is 1.12 bits per heavy atom. The van der Waals surface area contributed by atoms with Crippen LogP contribution in [-0.2, 0) is 15.8 Å². The molecule has 0 radical (unpaired) electrons. The topological polar surface area (TPSA) is 70.8 Å². The monoisotopic (exact) mass is 394 g/mol. The zero-order chi connectivity index (χ0) is 18.6. The normalized spacial score (nSPS) is 16.4. The van der Waals surface area contributed by atoms with E-state index < -0.39 is 10.0 Å². The standard InChI is InChI=1S/C18H22N2O4S2/c1-26(22,23)20-10-5-9-19(11-12-20)18(21)17-15(8-13-24-17)14-25-16-6-3-2-4-7-16/h2-4,6-8,13H,5,9-12,14H2,1H3. The molecule has 26 heavy (non-hydrogen) atoms. The largest absolute Gasteiger partial charge is 0.459 e. The molecule has 0 N–H and O–H groups in total. The van der Waals surface area contributed by atoms with E-state index in [9.17, 15) is 13.2 Å². The molecule has 140 valence electrons. The zero-order valence-electron chi connectivity index (χ0n) is 14.6. The first-order valence-corrected chi connectivity index (χ1v) is 11.3. The summed E-state index contributed by atoms with van der Waals surface area (Å²) in [4.78, 5) is 15.7. The first-order valence-electron chi connectivity index (χ1n) is 8.44. The lowest BCUT2D eigenvalue weighted by molar-refractivity contribution is 0.0731. The highest BCUT2D eigenvalue weighted by Gasteiger charge is 2.27. The van der Waals surface area contributed by atoms with Gasteiger partial charge in [0.15, 0.2) is 5.76 Å². The number of nitrogens with zero attached hydrogens (tertiary/aromatic N) is 2. The summed E-state index contributed by atoms with van der Waals surface area (Å²) in [6.07, 6.45) is 3.36. The Hall–Kier alpha value is -1.77. The van der Waals surface area contributed by atoms with Crippen LogP contribution in [0.2, 0.25) is 0 Å². The zero-order valence-corrected chi connectivity index (χ0v) is 16.3. The summed E-state index contributed by atoms with van der Waals surface area (Å²) < 4.78 is 30.3. The lowest BCUT2D eigenvalue weighted by atomic mass is 10.2. The van der Waals surface area contributed by atoms with Gasteiger partial charge in [-0.1, -0.05) is 18.2 Å². The molecule has 2 heterocycles. The lowest BCUT2D eigenvalue weighted by Crippen LogP contribution is -2.37. The van der Waals surface area contributed by atoms with E-state index in [-0.39, 0.29) is 5.91 Å². The van der Waals surface area contributed by atoms with E-state index in [1.54, 1.807) is 16.7 Å². The van der Waals surface area contributed by atoms with Gasteiger partial charge in [-0.15, -0.1) is 11.8 Å². The minimum Gasteiger partial charge on any atom is -0.459 e. The van der Waals surface area contributed by atoms with Gasteiger partial charge in [-0.2, -0.15) is 0 Å². The van der Waals surface area contributed by atoms with Gasteiger partial charge in [0.2, 0.25) is 10.0 Å². The second kappa shape index (κ2) is 8.28. The van der Waals surface area contributed by atoms with Gasteiger partial charge in [-0.05, 0) is 24.6 Å². The van der Waals surface area contributed by atoms with Crippen LogP contribution in [0.25, 0.3) is 0 Å². The van der Waals surface area contributed by atoms with Gasteiger partial charge in [-0.3, -0.25) is 4.79 Å². The van der Waals surface area contributed by atoms with Crippen LogP contribution in [0.3, 0.4) is 0 Å². The van der Waals surface area contributed by atoms with E-state index in [1.807, 2.05) is 36.4 Å². The van der Waals surface area contributed by atoms with Crippen molar-refractivity contribution >= 4 is 27.7 Å². The Labute approximate surface area is 158 Å². The lowest BCUT2D eigenvalue weighted by Gasteiger charge is -2.20. The molecule has 0 aliphatic carbocycles. The number of carbonyl (C=O) groups excluding carboxylic acids is 1. The highest BCUT2D eigenvalue weighted by atomic mass is 32.2. The first-order chi connectivity index (χ1) is 12.4. The number of rotatable bonds is 5. The van der Waals surface area contributed by atoms with Crippen molar-refractivity contribution < 1.29 is 17.6 Å². The van der Waals surface area contributed by atoms with Crippen molar-refractivity contribution in [1.29, 1.82) is 0 Å². The van der Waals surface area contributed by atoms with Crippen LogP contribution in [-0.4, -0.2) is 56.0 Å². The number of carbonyl (C=O) groups is 1. The molecule has 0 bridgehead atoms. The minimum absolute atomic E-state index is 0.172. The molecule has 1 saturated heterocycles. The summed E-state index contributed by atoms with van der Waals surface area (Å²) in [7, 11) is -3.23. The Morgan fingerprint density at radius 2 is 1.88 bits per heavy atom. The maximum Gasteiger partial charge on any atom is 0.289 e. The van der Waals surface area contributed by atoms with Crippen molar-refractivity contribution in [3.63, 3.8) is 0 Å². The summed E-state index contributed by atoms with van der Waals surface area (Å²) in [5.74, 6) is 0.820. The number of sulfonamides is 1. The van der Waals surface area contributed by atoms with E-state index in [4.69, 9.17) is 4.42 Å². The van der Waals surface area contributed by atoms with Gasteiger partial charge in [-0.25, -0.2) is 12.7 Å². The summed E-state index contributed by atoms with van der Waals surface area (Å²) in [6, 6.07) is 11.8. The van der Waals surface area contributed by atoms with Crippen LogP contribution in [0.15, 0.2) is 52.0 Å². The number of furan rings is 1. The van der Waals surface area contributed by atoms with Crippen LogP contribution in [0, 0.1) is 0 Å². The highest BCUT2D eigenvalue weighted by Crippen LogP contribution is 2.25. The predicted molar refractivity (Wildman–Crippen MR) is 102 cm³/mol. The molecule has 0 saturated carbocycles. The Bertz CT molecular complexity index is 849. The molecule has 2 aromatic rings. The van der Waals surface area contributed by atoms with Crippen LogP contribution in [0.5, 0.6) is 0 Å². The molecule has 1 aromatic carbocycles. The summed E-state index contributed by atoms with van der Waals surface area (Å²) in [5, 5.41) is 0. The molecule has 0 spiro atoms. The smallest absolute Gasteiger partial charge is 0.289 e. The van der Waals surface area contributed by atoms with Crippen molar-refractivity contribution in [1.82, 2.24) is 9.21 Å². The molecule has 0 atom stereocenters. The van der Waals surface area contributed by atoms with Crippen LogP contribution in [0.4, 0.5) is 0 Å². The van der Waals surface area contributed by atoms with Crippen LogP contribution < -0.4 is 0 Å². The fraction of sp³-hybridized carbons (Fsp3) is 0.389. The maximum atomic E-state index is 12.9. The summed E-state index contributed by atoms with van der Waals surface area (Å²) in [5.41, 5.74) is 0.855. The molecule has 1 aromatic heterocycles. The Kier molecular flexibility index (Phi) is 6.05. The van der Waals surface area contributed by atoms with E-state index in [1.165, 1.54) is 16.8 Å². The predicted octanol–water partition coefficient (Wildman–Crippen LogP) is 2.68. The summed E-state index contributed by atoms with van der Waals surface area (Å²) >= 11 is 1.65. The van der Waals surface area contributed by atoms with E-state index in [0.717, 1.165) is 10.5 Å². The van der Waals surface area contributed by atoms with Gasteiger partial charge in [0.25, 0.3) is 5.91 Å². The van der Waals surface area contributed by atoms with Gasteiger partial charge < -0.3 is 9.32 Å². The molecule has 1 aliphatic heterocycles. The second-order valence-corrected chi connectivity index (χ2v) is 9.22. The number of hydrogen-bond acceptors (Lipinski definition) is 5. The first kappa shape index (κ1) is 19.0. The Morgan fingerprint density at radius 3 is 2.62 bits per heavy atom. The van der Waals surface area contributed by atoms with Gasteiger partial charge in [0, 0.05) is 42.4 Å². The molecule has 0 unspecified atom stereocenters. The van der Waals surface area contributed by atoms with Crippen molar-refractivity contribution in [2.45, 2.75) is 17.1 Å². The van der Waals surface area contributed by atoms with E-state index in [2.05, 4.69) is 0 Å². The fourth-order valence-electron chi connectivity index (χ4n) is 2.89. The third-order valence-electron chi connectivity index (χ3n) is 4.29. The third kappa shape index (κ3) is 4.69. The number of thioether (sulfide) groups is 1.